The number of ether oxygens (including phenoxy) is 1. The molecule has 0 saturated heterocycles. The summed E-state index contributed by atoms with van der Waals surface area (Å²) in [5.41, 5.74) is 7.11. The monoisotopic (exact) mass is 318 g/mol. The van der Waals surface area contributed by atoms with Crippen LogP contribution in [0.5, 0.6) is 5.75 Å². The van der Waals surface area contributed by atoms with Gasteiger partial charge in [-0.3, -0.25) is 9.59 Å². The molecule has 2 aromatic rings. The van der Waals surface area contributed by atoms with Crippen LogP contribution in [0.1, 0.15) is 26.3 Å². The van der Waals surface area contributed by atoms with E-state index < -0.39 is 11.8 Å². The molecule has 0 aromatic heterocycles. The van der Waals surface area contributed by atoms with Gasteiger partial charge in [-0.25, -0.2) is 0 Å². The first-order chi connectivity index (χ1) is 10.4. The van der Waals surface area contributed by atoms with Gasteiger partial charge >= 0.3 is 0 Å². The molecule has 2 rings (SSSR count). The summed E-state index contributed by atoms with van der Waals surface area (Å²) in [6, 6.07) is 9.70. The summed E-state index contributed by atoms with van der Waals surface area (Å²) in [5, 5.41) is 3.13. The summed E-state index contributed by atoms with van der Waals surface area (Å²) < 4.78 is 5.15. The van der Waals surface area contributed by atoms with Crippen molar-refractivity contribution in [2.75, 3.05) is 12.4 Å². The molecule has 0 aliphatic carbocycles. The highest BCUT2D eigenvalue weighted by Gasteiger charge is 2.16. The maximum atomic E-state index is 12.4. The Morgan fingerprint density at radius 2 is 1.91 bits per heavy atom. The summed E-state index contributed by atoms with van der Waals surface area (Å²) in [6.07, 6.45) is 0. The van der Waals surface area contributed by atoms with E-state index in [1.807, 2.05) is 13.0 Å². The van der Waals surface area contributed by atoms with E-state index in [0.29, 0.717) is 16.5 Å². The zero-order valence-electron chi connectivity index (χ0n) is 12.1. The van der Waals surface area contributed by atoms with Gasteiger partial charge in [-0.05, 0) is 42.8 Å². The van der Waals surface area contributed by atoms with Crippen molar-refractivity contribution >= 4 is 29.1 Å². The minimum atomic E-state index is -0.620. The third-order valence-corrected chi connectivity index (χ3v) is 3.43. The molecule has 0 fully saturated rings. The first kappa shape index (κ1) is 15.9. The Labute approximate surface area is 133 Å². The maximum Gasteiger partial charge on any atom is 0.259 e. The fraction of sp³-hybridized carbons (Fsp3) is 0.125. The lowest BCUT2D eigenvalue weighted by atomic mass is 10.1. The number of aryl methyl sites for hydroxylation is 1. The molecule has 2 aromatic carbocycles. The minimum absolute atomic E-state index is 0.205. The Balaban J connectivity index is 2.38. The van der Waals surface area contributed by atoms with Gasteiger partial charge in [0.25, 0.3) is 5.91 Å². The highest BCUT2D eigenvalue weighted by molar-refractivity contribution is 6.34. The number of carbonyl (C=O) groups is 2. The minimum Gasteiger partial charge on any atom is -0.496 e. The van der Waals surface area contributed by atoms with Crippen LogP contribution in [0, 0.1) is 6.92 Å². The number of primary amides is 1. The third kappa shape index (κ3) is 3.38. The number of methoxy groups -OCH3 is 1. The van der Waals surface area contributed by atoms with Crippen LogP contribution in [0.2, 0.25) is 5.02 Å². The highest BCUT2D eigenvalue weighted by Crippen LogP contribution is 2.26. The van der Waals surface area contributed by atoms with Gasteiger partial charge in [0.05, 0.1) is 23.4 Å². The number of nitrogens with one attached hydrogen (secondary N) is 1. The molecule has 2 amide bonds. The van der Waals surface area contributed by atoms with Crippen LogP contribution in [0.3, 0.4) is 0 Å². The number of nitrogens with two attached hydrogens (primary N) is 1. The fourth-order valence-corrected chi connectivity index (χ4v) is 2.13. The molecule has 3 N–H and O–H groups in total. The van der Waals surface area contributed by atoms with Crippen LogP contribution < -0.4 is 15.8 Å². The quantitative estimate of drug-likeness (QED) is 0.909. The van der Waals surface area contributed by atoms with Gasteiger partial charge in [0.1, 0.15) is 5.75 Å². The average molecular weight is 319 g/mol. The van der Waals surface area contributed by atoms with E-state index in [9.17, 15) is 9.59 Å². The first-order valence-electron chi connectivity index (χ1n) is 6.47. The summed E-state index contributed by atoms with van der Waals surface area (Å²) in [7, 11) is 1.44. The van der Waals surface area contributed by atoms with E-state index in [1.165, 1.54) is 25.3 Å². The predicted molar refractivity (Wildman–Crippen MR) is 85.7 cm³/mol. The second kappa shape index (κ2) is 6.49. The van der Waals surface area contributed by atoms with Crippen LogP contribution in [-0.2, 0) is 0 Å². The molecule has 114 valence electrons. The van der Waals surface area contributed by atoms with E-state index in [1.54, 1.807) is 12.1 Å². The molecular formula is C16H15ClN2O3. The van der Waals surface area contributed by atoms with Crippen LogP contribution in [0.15, 0.2) is 36.4 Å². The van der Waals surface area contributed by atoms with Crippen molar-refractivity contribution in [3.8, 4) is 5.75 Å². The Hall–Kier alpha value is -2.53. The lowest BCUT2D eigenvalue weighted by molar-refractivity contribution is 0.1000. The Morgan fingerprint density at radius 1 is 1.18 bits per heavy atom. The predicted octanol–water partition coefficient (Wildman–Crippen LogP) is 3.01. The lowest BCUT2D eigenvalue weighted by Crippen LogP contribution is -2.16. The zero-order valence-corrected chi connectivity index (χ0v) is 12.9. The highest BCUT2D eigenvalue weighted by atomic mass is 35.5. The number of halogens is 1. The zero-order chi connectivity index (χ0) is 16.3. The van der Waals surface area contributed by atoms with E-state index in [4.69, 9.17) is 22.1 Å². The van der Waals surface area contributed by atoms with Crippen molar-refractivity contribution < 1.29 is 14.3 Å². The maximum absolute atomic E-state index is 12.4. The molecule has 0 radical (unpaired) electrons. The van der Waals surface area contributed by atoms with Crippen LogP contribution in [0.25, 0.3) is 0 Å². The number of anilines is 1. The Bertz CT molecular complexity index is 744. The molecule has 0 bridgehead atoms. The molecule has 0 aliphatic rings. The summed E-state index contributed by atoms with van der Waals surface area (Å²) in [6.45, 7) is 1.89. The topological polar surface area (TPSA) is 81.4 Å². The molecular weight excluding hydrogens is 304 g/mol. The van der Waals surface area contributed by atoms with Crippen molar-refractivity contribution in [3.05, 3.63) is 58.1 Å². The van der Waals surface area contributed by atoms with Crippen molar-refractivity contribution in [1.29, 1.82) is 0 Å². The average Bonchev–Trinajstić information content (AvgIpc) is 2.50. The second-order valence-electron chi connectivity index (χ2n) is 4.72. The van der Waals surface area contributed by atoms with Crippen LogP contribution in [0.4, 0.5) is 5.69 Å². The van der Waals surface area contributed by atoms with E-state index >= 15 is 0 Å². The Kier molecular flexibility index (Phi) is 4.68. The molecule has 0 saturated carbocycles. The van der Waals surface area contributed by atoms with Crippen molar-refractivity contribution in [1.82, 2.24) is 0 Å². The molecule has 0 heterocycles. The van der Waals surface area contributed by atoms with Crippen molar-refractivity contribution in [3.63, 3.8) is 0 Å². The summed E-state index contributed by atoms with van der Waals surface area (Å²) in [5.74, 6) is -0.719. The van der Waals surface area contributed by atoms with Gasteiger partial charge in [0.15, 0.2) is 0 Å². The van der Waals surface area contributed by atoms with Gasteiger partial charge in [0.2, 0.25) is 5.91 Å². The second-order valence-corrected chi connectivity index (χ2v) is 5.12. The number of hydrogen-bond acceptors (Lipinski definition) is 3. The van der Waals surface area contributed by atoms with Crippen LogP contribution >= 0.6 is 11.6 Å². The van der Waals surface area contributed by atoms with Gasteiger partial charge in [-0.2, -0.15) is 0 Å². The van der Waals surface area contributed by atoms with E-state index in [-0.39, 0.29) is 11.1 Å². The van der Waals surface area contributed by atoms with Crippen molar-refractivity contribution in [2.24, 2.45) is 5.73 Å². The van der Waals surface area contributed by atoms with E-state index in [0.717, 1.165) is 5.56 Å². The van der Waals surface area contributed by atoms with E-state index in [2.05, 4.69) is 5.32 Å². The smallest absolute Gasteiger partial charge is 0.259 e. The molecule has 5 nitrogen and oxygen atoms in total. The number of benzene rings is 2. The van der Waals surface area contributed by atoms with Gasteiger partial charge in [0, 0.05) is 5.56 Å². The number of rotatable bonds is 4. The van der Waals surface area contributed by atoms with Gasteiger partial charge in [-0.1, -0.05) is 17.7 Å². The number of carbonyl (C=O) groups excluding carboxylic acids is 2. The molecule has 0 unspecified atom stereocenters. The Morgan fingerprint density at radius 3 is 2.55 bits per heavy atom. The first-order valence-corrected chi connectivity index (χ1v) is 6.85. The number of amides is 2. The molecule has 0 atom stereocenters. The van der Waals surface area contributed by atoms with Gasteiger partial charge in [-0.15, -0.1) is 0 Å². The number of hydrogen-bond donors (Lipinski definition) is 2. The molecule has 0 aliphatic heterocycles. The standard InChI is InChI=1S/C16H15ClN2O3/c1-9-3-5-12(17)13(7-9)19-16(21)11-8-10(15(18)20)4-6-14(11)22-2/h3-8H,1-2H3,(H2,18,20)(H,19,21). The van der Waals surface area contributed by atoms with Gasteiger partial charge < -0.3 is 15.8 Å². The SMILES string of the molecule is COc1ccc(C(N)=O)cc1C(=O)Nc1cc(C)ccc1Cl. The summed E-state index contributed by atoms with van der Waals surface area (Å²) >= 11 is 6.06. The lowest BCUT2D eigenvalue weighted by Gasteiger charge is -2.12. The summed E-state index contributed by atoms with van der Waals surface area (Å²) in [4.78, 5) is 23.7. The van der Waals surface area contributed by atoms with Crippen LogP contribution in [-0.4, -0.2) is 18.9 Å². The third-order valence-electron chi connectivity index (χ3n) is 3.10. The molecule has 22 heavy (non-hydrogen) atoms. The fourth-order valence-electron chi connectivity index (χ4n) is 1.96. The molecule has 0 spiro atoms. The largest absolute Gasteiger partial charge is 0.496 e. The molecule has 6 heteroatoms. The normalized spacial score (nSPS) is 10.1. The van der Waals surface area contributed by atoms with Crippen molar-refractivity contribution in [2.45, 2.75) is 6.92 Å².